The van der Waals surface area contributed by atoms with Gasteiger partial charge in [-0.1, -0.05) is 40.0 Å². The zero-order valence-electron chi connectivity index (χ0n) is 9.75. The van der Waals surface area contributed by atoms with Gasteiger partial charge >= 0.3 is 5.95 Å². The SMILES string of the molecule is C[N+]1(c2nnnn2Cc2ccccc2)C=NN=N1. The van der Waals surface area contributed by atoms with Crippen molar-refractivity contribution in [2.75, 3.05) is 7.05 Å². The smallest absolute Gasteiger partial charge is 0.172 e. The van der Waals surface area contributed by atoms with Gasteiger partial charge in [0.15, 0.2) is 0 Å². The zero-order valence-corrected chi connectivity index (χ0v) is 9.75. The second-order valence-corrected chi connectivity index (χ2v) is 4.06. The Morgan fingerprint density at radius 2 is 2.06 bits per heavy atom. The monoisotopic (exact) mass is 243 g/mol. The predicted molar refractivity (Wildman–Crippen MR) is 64.4 cm³/mol. The minimum absolute atomic E-state index is 0.0276. The molecule has 1 aliphatic rings. The van der Waals surface area contributed by atoms with Crippen LogP contribution in [0.3, 0.4) is 0 Å². The van der Waals surface area contributed by atoms with E-state index in [2.05, 4.69) is 31.1 Å². The molecule has 90 valence electrons. The molecule has 8 heteroatoms. The molecular weight excluding hydrogens is 232 g/mol. The molecule has 0 N–H and O–H groups in total. The van der Waals surface area contributed by atoms with E-state index in [0.29, 0.717) is 12.5 Å². The number of aromatic nitrogens is 4. The Balaban J connectivity index is 1.93. The van der Waals surface area contributed by atoms with Gasteiger partial charge in [0.25, 0.3) is 0 Å². The fraction of sp³-hybridized carbons (Fsp3) is 0.200. The summed E-state index contributed by atoms with van der Waals surface area (Å²) in [5.41, 5.74) is 1.12. The van der Waals surface area contributed by atoms with Crippen LogP contribution in [-0.2, 0) is 6.54 Å². The van der Waals surface area contributed by atoms with Crippen molar-refractivity contribution < 1.29 is 0 Å². The van der Waals surface area contributed by atoms with Crippen molar-refractivity contribution in [2.24, 2.45) is 15.5 Å². The van der Waals surface area contributed by atoms with Gasteiger partial charge in [0.05, 0.1) is 11.8 Å². The quantitative estimate of drug-likeness (QED) is 0.753. The van der Waals surface area contributed by atoms with Crippen molar-refractivity contribution >= 4 is 12.3 Å². The Labute approximate surface area is 103 Å². The molecule has 2 aromatic rings. The minimum Gasteiger partial charge on any atom is -0.172 e. The summed E-state index contributed by atoms with van der Waals surface area (Å²) in [4.78, 5) is 0. The molecule has 0 spiro atoms. The summed E-state index contributed by atoms with van der Waals surface area (Å²) in [5, 5.41) is 23.0. The molecule has 0 saturated carbocycles. The van der Waals surface area contributed by atoms with Crippen LogP contribution in [-0.4, -0.2) is 33.6 Å². The zero-order chi connectivity index (χ0) is 12.4. The van der Waals surface area contributed by atoms with E-state index in [0.717, 1.165) is 5.56 Å². The van der Waals surface area contributed by atoms with Gasteiger partial charge in [-0.2, -0.15) is 4.68 Å². The van der Waals surface area contributed by atoms with Crippen LogP contribution in [0.2, 0.25) is 0 Å². The van der Waals surface area contributed by atoms with Gasteiger partial charge in [-0.3, -0.25) is 0 Å². The minimum atomic E-state index is 0.0276. The fourth-order valence-electron chi connectivity index (χ4n) is 1.73. The molecule has 0 fully saturated rings. The van der Waals surface area contributed by atoms with Crippen LogP contribution >= 0.6 is 0 Å². The molecule has 18 heavy (non-hydrogen) atoms. The van der Waals surface area contributed by atoms with E-state index in [4.69, 9.17) is 0 Å². The van der Waals surface area contributed by atoms with Crippen molar-refractivity contribution in [2.45, 2.75) is 6.54 Å². The van der Waals surface area contributed by atoms with Crippen LogP contribution in [0.25, 0.3) is 0 Å². The van der Waals surface area contributed by atoms with Gasteiger partial charge in [-0.25, -0.2) is 0 Å². The largest absolute Gasteiger partial charge is 0.382 e. The standard InChI is InChI=1S/C10H11N8/c1-18(8-11-13-16-18)10-12-14-15-17(10)7-9-5-3-2-4-6-9/h2-6,8H,7H2,1H3/q+1. The normalized spacial score (nSPS) is 21.6. The van der Waals surface area contributed by atoms with E-state index in [1.54, 1.807) is 11.0 Å². The molecule has 1 aliphatic heterocycles. The Morgan fingerprint density at radius 3 is 2.78 bits per heavy atom. The van der Waals surface area contributed by atoms with Crippen LogP contribution in [0.1, 0.15) is 5.56 Å². The van der Waals surface area contributed by atoms with E-state index in [1.165, 1.54) is 0 Å². The van der Waals surface area contributed by atoms with Gasteiger partial charge in [0.2, 0.25) is 6.34 Å². The number of tetrazole rings is 1. The van der Waals surface area contributed by atoms with Crippen molar-refractivity contribution in [1.29, 1.82) is 0 Å². The average Bonchev–Trinajstić information content (AvgIpc) is 3.00. The summed E-state index contributed by atoms with van der Waals surface area (Å²) >= 11 is 0. The highest BCUT2D eigenvalue weighted by Gasteiger charge is 2.35. The summed E-state index contributed by atoms with van der Waals surface area (Å²) in [6, 6.07) is 9.97. The third-order valence-electron chi connectivity index (χ3n) is 2.65. The van der Waals surface area contributed by atoms with Crippen LogP contribution in [0.4, 0.5) is 5.95 Å². The van der Waals surface area contributed by atoms with Crippen LogP contribution in [0.5, 0.6) is 0 Å². The lowest BCUT2D eigenvalue weighted by molar-refractivity contribution is 0.463. The third kappa shape index (κ3) is 1.78. The first-order chi connectivity index (χ1) is 8.78. The summed E-state index contributed by atoms with van der Waals surface area (Å²) in [6.07, 6.45) is 1.58. The molecule has 0 radical (unpaired) electrons. The molecule has 0 saturated heterocycles. The van der Waals surface area contributed by atoms with E-state index < -0.39 is 0 Å². The molecule has 1 aromatic heterocycles. The summed E-state index contributed by atoms with van der Waals surface area (Å²) in [5.74, 6) is 0.573. The maximum absolute atomic E-state index is 4.00. The first-order valence-electron chi connectivity index (χ1n) is 5.41. The fourth-order valence-corrected chi connectivity index (χ4v) is 1.73. The van der Waals surface area contributed by atoms with Crippen LogP contribution in [0.15, 0.2) is 45.9 Å². The number of hydrogen-bond donors (Lipinski definition) is 0. The van der Waals surface area contributed by atoms with E-state index in [9.17, 15) is 0 Å². The molecule has 1 aromatic carbocycles. The van der Waals surface area contributed by atoms with Gasteiger partial charge in [-0.05, 0) is 21.1 Å². The van der Waals surface area contributed by atoms with E-state index in [-0.39, 0.29) is 4.59 Å². The summed E-state index contributed by atoms with van der Waals surface area (Å²) < 4.78 is 1.71. The maximum atomic E-state index is 4.00. The number of nitrogens with zero attached hydrogens (tertiary/aromatic N) is 8. The Kier molecular flexibility index (Phi) is 2.41. The Bertz CT molecular complexity index is 587. The Morgan fingerprint density at radius 1 is 1.22 bits per heavy atom. The highest BCUT2D eigenvalue weighted by atomic mass is 15.8. The highest BCUT2D eigenvalue weighted by Crippen LogP contribution is 2.19. The third-order valence-corrected chi connectivity index (χ3v) is 2.65. The molecule has 1 unspecified atom stereocenters. The number of rotatable bonds is 3. The van der Waals surface area contributed by atoms with E-state index in [1.807, 2.05) is 37.4 Å². The number of quaternary nitrogens is 1. The first kappa shape index (κ1) is 10.7. The van der Waals surface area contributed by atoms with Crippen molar-refractivity contribution in [3.05, 3.63) is 35.9 Å². The molecular formula is C10H11N8+. The molecule has 8 nitrogen and oxygen atoms in total. The Hall–Kier alpha value is -2.48. The molecule has 0 amide bonds. The maximum Gasteiger partial charge on any atom is 0.382 e. The predicted octanol–water partition coefficient (Wildman–Crippen LogP) is 0.983. The van der Waals surface area contributed by atoms with Gasteiger partial charge in [-0.15, -0.1) is 0 Å². The second kappa shape index (κ2) is 4.08. The number of hydrogen-bond acceptors (Lipinski definition) is 6. The topological polar surface area (TPSA) is 80.7 Å². The second-order valence-electron chi connectivity index (χ2n) is 4.06. The lowest BCUT2D eigenvalue weighted by Crippen LogP contribution is -2.38. The number of benzene rings is 1. The van der Waals surface area contributed by atoms with Crippen LogP contribution in [0, 0.1) is 0 Å². The van der Waals surface area contributed by atoms with Crippen molar-refractivity contribution in [3.8, 4) is 0 Å². The lowest BCUT2D eigenvalue weighted by atomic mass is 10.2. The summed E-state index contributed by atoms with van der Waals surface area (Å²) in [7, 11) is 1.81. The van der Waals surface area contributed by atoms with Gasteiger partial charge in [0.1, 0.15) is 7.05 Å². The molecule has 1 atom stereocenters. The highest BCUT2D eigenvalue weighted by molar-refractivity contribution is 5.69. The van der Waals surface area contributed by atoms with Gasteiger partial charge < -0.3 is 0 Å². The molecule has 2 heterocycles. The van der Waals surface area contributed by atoms with E-state index >= 15 is 0 Å². The molecule has 0 bridgehead atoms. The first-order valence-corrected chi connectivity index (χ1v) is 5.41. The molecule has 3 rings (SSSR count). The van der Waals surface area contributed by atoms with Crippen molar-refractivity contribution in [3.63, 3.8) is 0 Å². The van der Waals surface area contributed by atoms with Crippen LogP contribution < -0.4 is 4.59 Å². The van der Waals surface area contributed by atoms with Crippen molar-refractivity contribution in [1.82, 2.24) is 24.8 Å². The van der Waals surface area contributed by atoms with Gasteiger partial charge in [0, 0.05) is 5.22 Å². The lowest BCUT2D eigenvalue weighted by Gasteiger charge is -2.13. The average molecular weight is 243 g/mol. The summed E-state index contributed by atoms with van der Waals surface area (Å²) in [6.45, 7) is 0.584. The molecule has 0 aliphatic carbocycles.